The quantitative estimate of drug-likeness (QED) is 0.475. The summed E-state index contributed by atoms with van der Waals surface area (Å²) in [5, 5.41) is 6.38. The van der Waals surface area contributed by atoms with Gasteiger partial charge in [0, 0.05) is 10.0 Å². The number of hydrogen-bond donors (Lipinski definition) is 1. The fourth-order valence-corrected chi connectivity index (χ4v) is 4.25. The van der Waals surface area contributed by atoms with Crippen LogP contribution in [0.1, 0.15) is 36.5 Å². The molecule has 3 aromatic carbocycles. The molecule has 0 amide bonds. The van der Waals surface area contributed by atoms with E-state index in [1.165, 1.54) is 27.5 Å². The third-order valence-electron chi connectivity index (χ3n) is 5.30. The summed E-state index contributed by atoms with van der Waals surface area (Å²) in [6, 6.07) is 21.6. The molecule has 1 N–H and O–H groups in total. The Morgan fingerprint density at radius 1 is 1.12 bits per heavy atom. The lowest BCUT2D eigenvalue weighted by molar-refractivity contribution is 0.635. The lowest BCUT2D eigenvalue weighted by Crippen LogP contribution is -2.28. The van der Waals surface area contributed by atoms with Crippen LogP contribution in [0.3, 0.4) is 0 Å². The summed E-state index contributed by atoms with van der Waals surface area (Å²) in [6.45, 7) is 6.15. The Labute approximate surface area is 163 Å². The number of rotatable bonds is 5. The van der Waals surface area contributed by atoms with Crippen LogP contribution in [0, 0.1) is 0 Å². The van der Waals surface area contributed by atoms with E-state index in [1.807, 2.05) is 0 Å². The van der Waals surface area contributed by atoms with E-state index in [1.54, 1.807) is 0 Å². The van der Waals surface area contributed by atoms with Crippen LogP contribution in [-0.2, 0) is 12.0 Å². The van der Waals surface area contributed by atoms with Crippen molar-refractivity contribution in [2.75, 3.05) is 0 Å². The van der Waals surface area contributed by atoms with E-state index in [2.05, 4.69) is 101 Å². The maximum atomic E-state index is 3.96. The summed E-state index contributed by atoms with van der Waals surface area (Å²) in [7, 11) is 0. The number of fused-ring (bicyclic) bond motifs is 1. The molecule has 0 aromatic heterocycles. The van der Waals surface area contributed by atoms with E-state index in [4.69, 9.17) is 0 Å². The number of hydrogen-bond acceptors (Lipinski definition) is 1. The first-order valence-corrected chi connectivity index (χ1v) is 9.91. The van der Waals surface area contributed by atoms with Crippen molar-refractivity contribution in [2.45, 2.75) is 31.7 Å². The Morgan fingerprint density at radius 2 is 1.85 bits per heavy atom. The average Bonchev–Trinajstić information content (AvgIpc) is 3.46. The predicted molar refractivity (Wildman–Crippen MR) is 114 cm³/mol. The molecular formula is C24H22BrN. The molecular weight excluding hydrogens is 382 g/mol. The van der Waals surface area contributed by atoms with Gasteiger partial charge in [-0.2, -0.15) is 0 Å². The SMILES string of the molecule is C=C=C(NC1(c2cc(Br)cc3ccccc23)CC1)c1ccccc1CC. The van der Waals surface area contributed by atoms with Crippen molar-refractivity contribution in [1.29, 1.82) is 0 Å². The third kappa shape index (κ3) is 3.00. The smallest absolute Gasteiger partial charge is 0.0851 e. The van der Waals surface area contributed by atoms with Gasteiger partial charge in [0.2, 0.25) is 0 Å². The summed E-state index contributed by atoms with van der Waals surface area (Å²) < 4.78 is 1.12. The van der Waals surface area contributed by atoms with Crippen molar-refractivity contribution in [3.05, 3.63) is 94.1 Å². The summed E-state index contributed by atoms with van der Waals surface area (Å²) >= 11 is 3.69. The Hall–Kier alpha value is -2.28. The topological polar surface area (TPSA) is 12.0 Å². The second kappa shape index (κ2) is 6.79. The van der Waals surface area contributed by atoms with Crippen LogP contribution in [0.4, 0.5) is 0 Å². The Balaban J connectivity index is 1.78. The van der Waals surface area contributed by atoms with Gasteiger partial charge in [-0.1, -0.05) is 78.0 Å². The van der Waals surface area contributed by atoms with E-state index < -0.39 is 0 Å². The highest BCUT2D eigenvalue weighted by Gasteiger charge is 2.46. The second-order valence-electron chi connectivity index (χ2n) is 6.94. The highest BCUT2D eigenvalue weighted by Crippen LogP contribution is 2.50. The molecule has 26 heavy (non-hydrogen) atoms. The molecule has 1 saturated carbocycles. The van der Waals surface area contributed by atoms with Gasteiger partial charge in [0.1, 0.15) is 0 Å². The highest BCUT2D eigenvalue weighted by molar-refractivity contribution is 9.10. The van der Waals surface area contributed by atoms with Crippen molar-refractivity contribution < 1.29 is 0 Å². The van der Waals surface area contributed by atoms with Gasteiger partial charge in [0.05, 0.1) is 11.2 Å². The first-order chi connectivity index (χ1) is 12.7. The van der Waals surface area contributed by atoms with E-state index >= 15 is 0 Å². The molecule has 0 spiro atoms. The van der Waals surface area contributed by atoms with Gasteiger partial charge >= 0.3 is 0 Å². The summed E-state index contributed by atoms with van der Waals surface area (Å²) in [5.41, 5.74) is 8.01. The van der Waals surface area contributed by atoms with Crippen molar-refractivity contribution in [1.82, 2.24) is 5.32 Å². The van der Waals surface area contributed by atoms with Crippen LogP contribution < -0.4 is 5.32 Å². The zero-order valence-electron chi connectivity index (χ0n) is 15.0. The van der Waals surface area contributed by atoms with Gasteiger partial charge in [0.25, 0.3) is 0 Å². The number of aryl methyl sites for hydroxylation is 1. The summed E-state index contributed by atoms with van der Waals surface area (Å²) in [5.74, 6) is 0. The maximum Gasteiger partial charge on any atom is 0.0851 e. The predicted octanol–water partition coefficient (Wildman–Crippen LogP) is 6.57. The lowest BCUT2D eigenvalue weighted by atomic mass is 9.95. The first-order valence-electron chi connectivity index (χ1n) is 9.12. The van der Waals surface area contributed by atoms with Crippen LogP contribution in [0.15, 0.2) is 77.4 Å². The van der Waals surface area contributed by atoms with Crippen molar-refractivity contribution in [3.63, 3.8) is 0 Å². The van der Waals surface area contributed by atoms with Crippen LogP contribution >= 0.6 is 15.9 Å². The van der Waals surface area contributed by atoms with Gasteiger partial charge in [-0.3, -0.25) is 0 Å². The van der Waals surface area contributed by atoms with Crippen molar-refractivity contribution in [2.24, 2.45) is 0 Å². The molecule has 130 valence electrons. The minimum absolute atomic E-state index is 0.0374. The Kier molecular flexibility index (Phi) is 4.48. The minimum Gasteiger partial charge on any atom is -0.369 e. The zero-order valence-corrected chi connectivity index (χ0v) is 16.6. The van der Waals surface area contributed by atoms with Crippen LogP contribution in [0.25, 0.3) is 16.5 Å². The maximum absolute atomic E-state index is 3.96. The molecule has 4 rings (SSSR count). The number of benzene rings is 3. The molecule has 1 aliphatic rings. The lowest BCUT2D eigenvalue weighted by Gasteiger charge is -2.24. The third-order valence-corrected chi connectivity index (χ3v) is 5.76. The van der Waals surface area contributed by atoms with Gasteiger partial charge in [-0.05, 0) is 53.3 Å². The normalized spacial score (nSPS) is 14.7. The molecule has 0 atom stereocenters. The molecule has 1 aliphatic carbocycles. The van der Waals surface area contributed by atoms with Gasteiger partial charge in [-0.15, -0.1) is 5.73 Å². The summed E-state index contributed by atoms with van der Waals surface area (Å²) in [4.78, 5) is 0. The molecule has 0 bridgehead atoms. The molecule has 1 fully saturated rings. The van der Waals surface area contributed by atoms with Gasteiger partial charge < -0.3 is 5.32 Å². The molecule has 0 unspecified atom stereocenters. The van der Waals surface area contributed by atoms with E-state index in [0.29, 0.717) is 0 Å². The van der Waals surface area contributed by atoms with Gasteiger partial charge in [0.15, 0.2) is 0 Å². The molecule has 0 radical (unpaired) electrons. The summed E-state index contributed by atoms with van der Waals surface area (Å²) in [6.07, 6.45) is 3.23. The molecule has 0 aliphatic heterocycles. The molecule has 1 nitrogen and oxygen atoms in total. The number of nitrogens with one attached hydrogen (secondary N) is 1. The zero-order chi connectivity index (χ0) is 18.1. The molecule has 2 heteroatoms. The molecule has 0 saturated heterocycles. The Morgan fingerprint density at radius 3 is 2.58 bits per heavy atom. The molecule has 0 heterocycles. The van der Waals surface area contributed by atoms with E-state index in [-0.39, 0.29) is 5.54 Å². The van der Waals surface area contributed by atoms with Crippen LogP contribution in [-0.4, -0.2) is 0 Å². The Bertz CT molecular complexity index is 1020. The van der Waals surface area contributed by atoms with Gasteiger partial charge in [-0.25, -0.2) is 0 Å². The van der Waals surface area contributed by atoms with Crippen molar-refractivity contribution >= 4 is 32.4 Å². The average molecular weight is 404 g/mol. The fraction of sp³-hybridized carbons (Fsp3) is 0.208. The number of halogens is 1. The standard InChI is InChI=1S/C24H22BrN/c1-3-17-9-5-8-12-21(17)23(4-2)26-24(13-14-24)22-16-19(25)15-18-10-6-7-11-20(18)22/h5-12,15-16,26H,2-3,13-14H2,1H3. The van der Waals surface area contributed by atoms with Crippen molar-refractivity contribution in [3.8, 4) is 0 Å². The largest absolute Gasteiger partial charge is 0.369 e. The van der Waals surface area contributed by atoms with E-state index in [0.717, 1.165) is 29.4 Å². The molecule has 3 aromatic rings. The minimum atomic E-state index is -0.0374. The highest BCUT2D eigenvalue weighted by atomic mass is 79.9. The monoisotopic (exact) mass is 403 g/mol. The van der Waals surface area contributed by atoms with Crippen LogP contribution in [0.5, 0.6) is 0 Å². The first kappa shape index (κ1) is 17.1. The van der Waals surface area contributed by atoms with Crippen LogP contribution in [0.2, 0.25) is 0 Å². The van der Waals surface area contributed by atoms with E-state index in [9.17, 15) is 0 Å². The second-order valence-corrected chi connectivity index (χ2v) is 7.86. The fourth-order valence-electron chi connectivity index (χ4n) is 3.78.